The van der Waals surface area contributed by atoms with Gasteiger partial charge in [-0.2, -0.15) is 26.3 Å². The Hall–Kier alpha value is -2.02. The summed E-state index contributed by atoms with van der Waals surface area (Å²) < 4.78 is 99.1. The maximum Gasteiger partial charge on any atom is 0.416 e. The van der Waals surface area contributed by atoms with Crippen LogP contribution >= 0.6 is 0 Å². The molecule has 2 N–H and O–H groups in total. The quantitative estimate of drug-likeness (QED) is 0.678. The van der Waals surface area contributed by atoms with Crippen molar-refractivity contribution in [3.63, 3.8) is 0 Å². The van der Waals surface area contributed by atoms with Crippen LogP contribution in [0.1, 0.15) is 24.8 Å². The van der Waals surface area contributed by atoms with E-state index in [1.54, 1.807) is 0 Å². The van der Waals surface area contributed by atoms with Gasteiger partial charge in [0, 0.05) is 24.8 Å². The third-order valence-electron chi connectivity index (χ3n) is 4.30. The third-order valence-corrected chi connectivity index (χ3v) is 6.17. The summed E-state index contributed by atoms with van der Waals surface area (Å²) in [5.74, 6) is -1.02. The van der Waals surface area contributed by atoms with E-state index in [0.717, 1.165) is 28.6 Å². The van der Waals surface area contributed by atoms with E-state index in [1.165, 1.54) is 0 Å². The topological polar surface area (TPSA) is 78.5 Å². The van der Waals surface area contributed by atoms with Crippen molar-refractivity contribution in [2.75, 3.05) is 24.2 Å². The van der Waals surface area contributed by atoms with Crippen molar-refractivity contribution in [2.45, 2.75) is 37.7 Å². The van der Waals surface area contributed by atoms with Crippen LogP contribution in [0.25, 0.3) is 0 Å². The molecule has 0 spiro atoms. The molecule has 29 heavy (non-hydrogen) atoms. The van der Waals surface area contributed by atoms with Crippen molar-refractivity contribution < 1.29 is 39.6 Å². The first-order valence-electron chi connectivity index (χ1n) is 8.56. The Morgan fingerprint density at radius 3 is 2.07 bits per heavy atom. The number of benzene rings is 1. The number of hydrogen-bond donors (Lipinski definition) is 2. The van der Waals surface area contributed by atoms with Crippen LogP contribution in [0, 0.1) is 0 Å². The summed E-state index contributed by atoms with van der Waals surface area (Å²) in [4.78, 5) is 12.0. The highest BCUT2D eigenvalue weighted by Gasteiger charge is 2.34. The number of rotatable bonds is 5. The predicted octanol–water partition coefficient (Wildman–Crippen LogP) is 3.57. The third kappa shape index (κ3) is 7.38. The van der Waals surface area contributed by atoms with Gasteiger partial charge < -0.3 is 10.6 Å². The first-order chi connectivity index (χ1) is 13.3. The lowest BCUT2D eigenvalue weighted by atomic mass is 10.1. The predicted molar refractivity (Wildman–Crippen MR) is 92.7 cm³/mol. The van der Waals surface area contributed by atoms with Crippen LogP contribution in [-0.2, 0) is 16.2 Å². The molecular formula is C16H19F6N3O3S. The molecule has 2 rings (SSSR count). The first-order valence-corrected chi connectivity index (χ1v) is 10.2. The number of piperidine rings is 1. The number of sulfonamides is 1. The van der Waals surface area contributed by atoms with Gasteiger partial charge in [0.1, 0.15) is 0 Å². The fourth-order valence-corrected chi connectivity index (χ4v) is 4.26. The maximum atomic E-state index is 12.5. The van der Waals surface area contributed by atoms with Gasteiger partial charge in [-0.05, 0) is 37.1 Å². The zero-order chi connectivity index (χ0) is 21.9. The Labute approximate surface area is 163 Å². The minimum Gasteiger partial charge on any atom is -0.335 e. The zero-order valence-electron chi connectivity index (χ0n) is 15.0. The van der Waals surface area contributed by atoms with Crippen molar-refractivity contribution in [2.24, 2.45) is 0 Å². The van der Waals surface area contributed by atoms with Crippen molar-refractivity contribution >= 4 is 21.7 Å². The number of urea groups is 1. The fraction of sp³-hybridized carbons (Fsp3) is 0.562. The summed E-state index contributed by atoms with van der Waals surface area (Å²) in [6.45, 7) is -0.0726. The highest BCUT2D eigenvalue weighted by molar-refractivity contribution is 7.89. The summed E-state index contributed by atoms with van der Waals surface area (Å²) in [7, 11) is -4.04. The van der Waals surface area contributed by atoms with Crippen LogP contribution < -0.4 is 10.6 Å². The molecule has 164 valence electrons. The van der Waals surface area contributed by atoms with Gasteiger partial charge in [-0.25, -0.2) is 17.5 Å². The number of carbonyl (C=O) groups is 1. The first kappa shape index (κ1) is 23.3. The van der Waals surface area contributed by atoms with Gasteiger partial charge in [-0.15, -0.1) is 0 Å². The molecule has 1 aliphatic heterocycles. The molecule has 1 saturated heterocycles. The van der Waals surface area contributed by atoms with E-state index in [1.807, 2.05) is 0 Å². The van der Waals surface area contributed by atoms with E-state index >= 15 is 0 Å². The van der Waals surface area contributed by atoms with Gasteiger partial charge >= 0.3 is 18.4 Å². The molecular weight excluding hydrogens is 428 g/mol. The minimum absolute atomic E-state index is 0.0363. The van der Waals surface area contributed by atoms with E-state index in [-0.39, 0.29) is 31.6 Å². The highest BCUT2D eigenvalue weighted by Crippen LogP contribution is 2.29. The second kappa shape index (κ2) is 8.78. The number of anilines is 1. The maximum absolute atomic E-state index is 12.5. The zero-order valence-corrected chi connectivity index (χ0v) is 15.8. The van der Waals surface area contributed by atoms with Gasteiger partial charge in [0.25, 0.3) is 0 Å². The summed E-state index contributed by atoms with van der Waals surface area (Å²) >= 11 is 0. The molecule has 13 heteroatoms. The summed E-state index contributed by atoms with van der Waals surface area (Å²) in [6.07, 6.45) is -10.1. The fourth-order valence-electron chi connectivity index (χ4n) is 2.75. The molecule has 1 aromatic rings. The standard InChI is InChI=1S/C16H19F6N3O3S/c17-15(18,19)7-10-29(27,28)25-8-5-13(6-9-25)24-14(26)23-12-3-1-11(2-4-12)16(20,21)22/h1-4,13H,5-10H2,(H2,23,24,26). The Morgan fingerprint density at radius 1 is 1.03 bits per heavy atom. The number of amides is 2. The van der Waals surface area contributed by atoms with Crippen LogP contribution in [0.2, 0.25) is 0 Å². The van der Waals surface area contributed by atoms with E-state index in [2.05, 4.69) is 10.6 Å². The van der Waals surface area contributed by atoms with E-state index in [4.69, 9.17) is 0 Å². The van der Waals surface area contributed by atoms with Crippen molar-refractivity contribution in [1.82, 2.24) is 9.62 Å². The van der Waals surface area contributed by atoms with Crippen LogP contribution in [0.3, 0.4) is 0 Å². The number of nitrogens with zero attached hydrogens (tertiary/aromatic N) is 1. The Kier molecular flexibility index (Phi) is 7.04. The average Bonchev–Trinajstić information content (AvgIpc) is 2.60. The van der Waals surface area contributed by atoms with E-state index < -0.39 is 52.2 Å². The van der Waals surface area contributed by atoms with Crippen LogP contribution in [-0.4, -0.2) is 49.8 Å². The van der Waals surface area contributed by atoms with E-state index in [9.17, 15) is 39.6 Å². The molecule has 0 aromatic heterocycles. The molecule has 0 saturated carbocycles. The van der Waals surface area contributed by atoms with Gasteiger partial charge in [0.15, 0.2) is 0 Å². The lowest BCUT2D eigenvalue weighted by molar-refractivity contribution is -0.137. The van der Waals surface area contributed by atoms with Gasteiger partial charge in [-0.3, -0.25) is 0 Å². The normalized spacial score (nSPS) is 17.2. The number of carbonyl (C=O) groups excluding carboxylic acids is 1. The molecule has 6 nitrogen and oxygen atoms in total. The van der Waals surface area contributed by atoms with Crippen LogP contribution in [0.5, 0.6) is 0 Å². The molecule has 1 heterocycles. The molecule has 1 aliphatic rings. The molecule has 1 fully saturated rings. The molecule has 0 radical (unpaired) electrons. The smallest absolute Gasteiger partial charge is 0.335 e. The number of halogens is 6. The molecule has 2 amide bonds. The SMILES string of the molecule is O=C(Nc1ccc(C(F)(F)F)cc1)NC1CCN(S(=O)(=O)CCC(F)(F)F)CC1. The summed E-state index contributed by atoms with van der Waals surface area (Å²) in [6, 6.07) is 2.73. The molecule has 1 aromatic carbocycles. The second-order valence-corrected chi connectivity index (χ2v) is 8.62. The van der Waals surface area contributed by atoms with Gasteiger partial charge in [0.05, 0.1) is 17.7 Å². The Bertz CT molecular complexity index is 801. The second-order valence-electron chi connectivity index (χ2n) is 6.53. The molecule has 0 atom stereocenters. The van der Waals surface area contributed by atoms with Crippen molar-refractivity contribution in [1.29, 1.82) is 0 Å². The lowest BCUT2D eigenvalue weighted by Crippen LogP contribution is -2.48. The summed E-state index contributed by atoms with van der Waals surface area (Å²) in [5, 5.41) is 4.94. The number of hydrogen-bond acceptors (Lipinski definition) is 3. The summed E-state index contributed by atoms with van der Waals surface area (Å²) in [5.41, 5.74) is -0.717. The number of nitrogens with one attached hydrogen (secondary N) is 2. The van der Waals surface area contributed by atoms with Crippen LogP contribution in [0.4, 0.5) is 36.8 Å². The average molecular weight is 447 g/mol. The molecule has 0 bridgehead atoms. The number of alkyl halides is 6. The monoisotopic (exact) mass is 447 g/mol. The molecule has 0 unspecified atom stereocenters. The van der Waals surface area contributed by atoms with Crippen molar-refractivity contribution in [3.8, 4) is 0 Å². The van der Waals surface area contributed by atoms with E-state index in [0.29, 0.717) is 0 Å². The Morgan fingerprint density at radius 2 is 1.59 bits per heavy atom. The Balaban J connectivity index is 1.81. The highest BCUT2D eigenvalue weighted by atomic mass is 32.2. The molecule has 0 aliphatic carbocycles. The van der Waals surface area contributed by atoms with Crippen LogP contribution in [0.15, 0.2) is 24.3 Å². The van der Waals surface area contributed by atoms with Gasteiger partial charge in [-0.1, -0.05) is 0 Å². The largest absolute Gasteiger partial charge is 0.416 e. The minimum atomic E-state index is -4.57. The van der Waals surface area contributed by atoms with Gasteiger partial charge in [0.2, 0.25) is 10.0 Å². The van der Waals surface area contributed by atoms with Crippen molar-refractivity contribution in [3.05, 3.63) is 29.8 Å². The lowest BCUT2D eigenvalue weighted by Gasteiger charge is -2.31.